The van der Waals surface area contributed by atoms with Crippen LogP contribution in [0, 0.1) is 11.3 Å². The molecule has 0 fully saturated rings. The van der Waals surface area contributed by atoms with Gasteiger partial charge in [-0.2, -0.15) is 5.26 Å². The fourth-order valence-electron chi connectivity index (χ4n) is 1.68. The van der Waals surface area contributed by atoms with Gasteiger partial charge in [0.25, 0.3) is 0 Å². The van der Waals surface area contributed by atoms with Gasteiger partial charge >= 0.3 is 5.97 Å². The summed E-state index contributed by atoms with van der Waals surface area (Å²) in [5.74, 6) is -0.572. The Bertz CT molecular complexity index is 693. The molecule has 0 saturated heterocycles. The predicted molar refractivity (Wildman–Crippen MR) is 76.1 cm³/mol. The topological polar surface area (TPSA) is 76.1 Å². The molecule has 100 valence electrons. The highest BCUT2D eigenvalue weighted by atomic mass is 35.5. The average molecular weight is 287 g/mol. The molecule has 2 N–H and O–H groups in total. The third-order valence-corrected chi connectivity index (χ3v) is 2.97. The highest BCUT2D eigenvalue weighted by molar-refractivity contribution is 6.31. The van der Waals surface area contributed by atoms with Gasteiger partial charge in [-0.25, -0.2) is 4.79 Å². The van der Waals surface area contributed by atoms with Crippen molar-refractivity contribution in [3.8, 4) is 6.07 Å². The summed E-state index contributed by atoms with van der Waals surface area (Å²) in [6, 6.07) is 13.6. The number of anilines is 1. The quantitative estimate of drug-likeness (QED) is 0.694. The zero-order valence-electron chi connectivity index (χ0n) is 10.5. The van der Waals surface area contributed by atoms with E-state index in [1.54, 1.807) is 36.4 Å². The van der Waals surface area contributed by atoms with Crippen LogP contribution in [-0.2, 0) is 11.3 Å². The van der Waals surface area contributed by atoms with Crippen molar-refractivity contribution >= 4 is 23.3 Å². The van der Waals surface area contributed by atoms with Crippen molar-refractivity contribution in [2.45, 2.75) is 6.61 Å². The lowest BCUT2D eigenvalue weighted by Gasteiger charge is -2.08. The summed E-state index contributed by atoms with van der Waals surface area (Å²) in [6.45, 7) is 0.00845. The Morgan fingerprint density at radius 3 is 2.80 bits per heavy atom. The van der Waals surface area contributed by atoms with E-state index < -0.39 is 5.97 Å². The van der Waals surface area contributed by atoms with Crippen LogP contribution in [0.15, 0.2) is 42.5 Å². The minimum absolute atomic E-state index is 0.00845. The largest absolute Gasteiger partial charge is 0.457 e. The van der Waals surface area contributed by atoms with E-state index in [1.165, 1.54) is 6.07 Å². The van der Waals surface area contributed by atoms with Gasteiger partial charge in [-0.05, 0) is 24.3 Å². The summed E-state index contributed by atoms with van der Waals surface area (Å²) in [5, 5.41) is 9.36. The number of nitrogens with zero attached hydrogens (tertiary/aromatic N) is 1. The van der Waals surface area contributed by atoms with Crippen molar-refractivity contribution in [2.75, 3.05) is 5.73 Å². The van der Waals surface area contributed by atoms with Crippen LogP contribution in [0.3, 0.4) is 0 Å². The molecule has 0 amide bonds. The lowest BCUT2D eigenvalue weighted by Crippen LogP contribution is -2.08. The summed E-state index contributed by atoms with van der Waals surface area (Å²) >= 11 is 5.82. The second-order valence-corrected chi connectivity index (χ2v) is 4.51. The van der Waals surface area contributed by atoms with Crippen LogP contribution >= 0.6 is 11.6 Å². The standard InChI is InChI=1S/C15H11ClN2O2/c16-12-5-6-14(18)13(7-12)15(19)20-9-11-4-2-1-3-10(11)8-17/h1-7H,9,18H2. The van der Waals surface area contributed by atoms with Crippen molar-refractivity contribution in [2.24, 2.45) is 0 Å². The van der Waals surface area contributed by atoms with Gasteiger partial charge in [0, 0.05) is 16.3 Å². The molecule has 0 bridgehead atoms. The van der Waals surface area contributed by atoms with Crippen LogP contribution < -0.4 is 5.73 Å². The number of rotatable bonds is 3. The van der Waals surface area contributed by atoms with Crippen LogP contribution in [0.2, 0.25) is 5.02 Å². The zero-order chi connectivity index (χ0) is 14.5. The molecule has 0 atom stereocenters. The molecular formula is C15H11ClN2O2. The first kappa shape index (κ1) is 13.9. The summed E-state index contributed by atoms with van der Waals surface area (Å²) < 4.78 is 5.16. The molecule has 0 heterocycles. The Kier molecular flexibility index (Phi) is 4.24. The molecule has 0 radical (unpaired) electrons. The van der Waals surface area contributed by atoms with Gasteiger partial charge in [-0.15, -0.1) is 0 Å². The lowest BCUT2D eigenvalue weighted by atomic mass is 10.1. The highest BCUT2D eigenvalue weighted by Gasteiger charge is 2.13. The molecule has 0 aliphatic rings. The fourth-order valence-corrected chi connectivity index (χ4v) is 1.85. The van der Waals surface area contributed by atoms with E-state index in [0.29, 0.717) is 21.8 Å². The fraction of sp³-hybridized carbons (Fsp3) is 0.0667. The van der Waals surface area contributed by atoms with E-state index in [-0.39, 0.29) is 12.2 Å². The molecule has 0 aliphatic heterocycles. The Balaban J connectivity index is 2.13. The number of carbonyl (C=O) groups excluding carboxylic acids is 1. The second kappa shape index (κ2) is 6.09. The summed E-state index contributed by atoms with van der Waals surface area (Å²) in [5.41, 5.74) is 7.33. The van der Waals surface area contributed by atoms with Gasteiger partial charge in [0.15, 0.2) is 0 Å². The molecule has 0 spiro atoms. The summed E-state index contributed by atoms with van der Waals surface area (Å²) in [7, 11) is 0. The maximum Gasteiger partial charge on any atom is 0.340 e. The van der Waals surface area contributed by atoms with Crippen LogP contribution in [0.1, 0.15) is 21.5 Å². The first-order chi connectivity index (χ1) is 9.61. The first-order valence-electron chi connectivity index (χ1n) is 5.82. The minimum Gasteiger partial charge on any atom is -0.457 e. The summed E-state index contributed by atoms with van der Waals surface area (Å²) in [6.07, 6.45) is 0. The van der Waals surface area contributed by atoms with Gasteiger partial charge < -0.3 is 10.5 Å². The van der Waals surface area contributed by atoms with Gasteiger partial charge in [0.1, 0.15) is 6.61 Å². The minimum atomic E-state index is -0.572. The number of carbonyl (C=O) groups is 1. The monoisotopic (exact) mass is 286 g/mol. The molecule has 0 aromatic heterocycles. The second-order valence-electron chi connectivity index (χ2n) is 4.08. The van der Waals surface area contributed by atoms with Crippen LogP contribution in [0.4, 0.5) is 5.69 Å². The van der Waals surface area contributed by atoms with Crippen molar-refractivity contribution in [1.29, 1.82) is 5.26 Å². The normalized spacial score (nSPS) is 9.80. The molecule has 0 aliphatic carbocycles. The van der Waals surface area contributed by atoms with Crippen LogP contribution in [0.25, 0.3) is 0 Å². The number of benzene rings is 2. The van der Waals surface area contributed by atoms with E-state index in [0.717, 1.165) is 0 Å². The van der Waals surface area contributed by atoms with E-state index in [9.17, 15) is 4.79 Å². The van der Waals surface area contributed by atoms with Gasteiger partial charge in [0.05, 0.1) is 17.2 Å². The lowest BCUT2D eigenvalue weighted by molar-refractivity contribution is 0.0474. The molecule has 5 heteroatoms. The molecule has 4 nitrogen and oxygen atoms in total. The van der Waals surface area contributed by atoms with Crippen molar-refractivity contribution < 1.29 is 9.53 Å². The highest BCUT2D eigenvalue weighted by Crippen LogP contribution is 2.19. The number of nitriles is 1. The van der Waals surface area contributed by atoms with E-state index >= 15 is 0 Å². The van der Waals surface area contributed by atoms with Crippen LogP contribution in [0.5, 0.6) is 0 Å². The molecule has 2 aromatic carbocycles. The first-order valence-corrected chi connectivity index (χ1v) is 6.20. The number of halogens is 1. The Morgan fingerprint density at radius 2 is 2.05 bits per heavy atom. The Hall–Kier alpha value is -2.51. The molecule has 2 rings (SSSR count). The predicted octanol–water partition coefficient (Wildman–Crippen LogP) is 3.15. The van der Waals surface area contributed by atoms with E-state index in [2.05, 4.69) is 0 Å². The molecular weight excluding hydrogens is 276 g/mol. The number of hydrogen-bond acceptors (Lipinski definition) is 4. The maximum atomic E-state index is 11.9. The SMILES string of the molecule is N#Cc1ccccc1COC(=O)c1cc(Cl)ccc1N. The molecule has 0 unspecified atom stereocenters. The molecule has 20 heavy (non-hydrogen) atoms. The zero-order valence-corrected chi connectivity index (χ0v) is 11.2. The summed E-state index contributed by atoms with van der Waals surface area (Å²) in [4.78, 5) is 11.9. The Morgan fingerprint density at radius 1 is 1.30 bits per heavy atom. The van der Waals surface area contributed by atoms with Crippen LogP contribution in [-0.4, -0.2) is 5.97 Å². The van der Waals surface area contributed by atoms with Gasteiger partial charge in [0.2, 0.25) is 0 Å². The van der Waals surface area contributed by atoms with Crippen molar-refractivity contribution in [3.05, 3.63) is 64.2 Å². The van der Waals surface area contributed by atoms with Gasteiger partial charge in [-0.3, -0.25) is 0 Å². The number of hydrogen-bond donors (Lipinski definition) is 1. The van der Waals surface area contributed by atoms with Crippen molar-refractivity contribution in [3.63, 3.8) is 0 Å². The third-order valence-electron chi connectivity index (χ3n) is 2.73. The maximum absolute atomic E-state index is 11.9. The van der Waals surface area contributed by atoms with E-state index in [4.69, 9.17) is 27.3 Å². The number of esters is 1. The molecule has 2 aromatic rings. The number of nitrogen functional groups attached to an aromatic ring is 1. The van der Waals surface area contributed by atoms with E-state index in [1.807, 2.05) is 6.07 Å². The van der Waals surface area contributed by atoms with Crippen molar-refractivity contribution in [1.82, 2.24) is 0 Å². The number of nitrogens with two attached hydrogens (primary N) is 1. The smallest absolute Gasteiger partial charge is 0.340 e. The molecule has 0 saturated carbocycles. The third kappa shape index (κ3) is 3.08. The number of ether oxygens (including phenoxy) is 1. The van der Waals surface area contributed by atoms with Gasteiger partial charge in [-0.1, -0.05) is 29.8 Å². The Labute approximate surface area is 121 Å². The average Bonchev–Trinajstić information content (AvgIpc) is 2.47.